The molecule has 4 N–H and O–H groups in total. The fourth-order valence-corrected chi connectivity index (χ4v) is 6.86. The molecule has 2 fully saturated rings. The topological polar surface area (TPSA) is 150 Å². The highest BCUT2D eigenvalue weighted by molar-refractivity contribution is 9.10. The molecule has 0 amide bonds. The first-order valence-electron chi connectivity index (χ1n) is 14.8. The lowest BCUT2D eigenvalue weighted by Crippen LogP contribution is -2.52. The largest absolute Gasteiger partial charge is 0.494 e. The lowest BCUT2D eigenvalue weighted by molar-refractivity contribution is 0.150. The van der Waals surface area contributed by atoms with Crippen LogP contribution in [0.2, 0.25) is 0 Å². The highest BCUT2D eigenvalue weighted by Gasteiger charge is 2.27. The van der Waals surface area contributed by atoms with E-state index in [0.717, 1.165) is 69.6 Å². The fourth-order valence-electron chi connectivity index (χ4n) is 6.00. The van der Waals surface area contributed by atoms with Gasteiger partial charge in [0.15, 0.2) is 0 Å². The third-order valence-electron chi connectivity index (χ3n) is 8.16. The first-order chi connectivity index (χ1) is 21.7. The van der Waals surface area contributed by atoms with Crippen molar-refractivity contribution in [2.45, 2.75) is 25.8 Å². The predicted molar refractivity (Wildman–Crippen MR) is 182 cm³/mol. The molecule has 0 unspecified atom stereocenters. The molecule has 0 atom stereocenters. The molecule has 6 rings (SSSR count). The summed E-state index contributed by atoms with van der Waals surface area (Å²) >= 11 is 3.51. The molecule has 15 heteroatoms. The number of hydrogen-bond donors (Lipinski definition) is 4. The molecule has 2 saturated heterocycles. The van der Waals surface area contributed by atoms with E-state index in [9.17, 15) is 8.42 Å². The van der Waals surface area contributed by atoms with Crippen LogP contribution in [0.3, 0.4) is 0 Å². The zero-order valence-electron chi connectivity index (χ0n) is 25.5. The highest BCUT2D eigenvalue weighted by Crippen LogP contribution is 2.37. The van der Waals surface area contributed by atoms with Gasteiger partial charge in [-0.25, -0.2) is 13.4 Å². The van der Waals surface area contributed by atoms with E-state index in [1.165, 1.54) is 11.9 Å². The van der Waals surface area contributed by atoms with Crippen LogP contribution in [0, 0.1) is 6.92 Å². The van der Waals surface area contributed by atoms with Gasteiger partial charge in [0, 0.05) is 75.7 Å². The second-order valence-corrected chi connectivity index (χ2v) is 13.9. The van der Waals surface area contributed by atoms with Crippen LogP contribution in [0.5, 0.6) is 5.75 Å². The second-order valence-electron chi connectivity index (χ2n) is 11.3. The maximum Gasteiger partial charge on any atom is 0.229 e. The van der Waals surface area contributed by atoms with E-state index >= 15 is 0 Å². The molecule has 0 aliphatic carbocycles. The zero-order valence-corrected chi connectivity index (χ0v) is 27.9. The predicted octanol–water partition coefficient (Wildman–Crippen LogP) is 4.23. The Labute approximate surface area is 271 Å². The van der Waals surface area contributed by atoms with Crippen LogP contribution in [0.25, 0.3) is 11.0 Å². The molecule has 4 heterocycles. The molecule has 45 heavy (non-hydrogen) atoms. The highest BCUT2D eigenvalue weighted by atomic mass is 79.9. The van der Waals surface area contributed by atoms with E-state index in [2.05, 4.69) is 85.4 Å². The van der Waals surface area contributed by atoms with Crippen molar-refractivity contribution in [3.63, 3.8) is 0 Å². The number of aromatic nitrogens is 4. The van der Waals surface area contributed by atoms with Gasteiger partial charge >= 0.3 is 0 Å². The summed E-state index contributed by atoms with van der Waals surface area (Å²) in [5.74, 6) is 1.45. The molecule has 2 aliphatic heterocycles. The average molecular weight is 698 g/mol. The van der Waals surface area contributed by atoms with Crippen molar-refractivity contribution in [3.05, 3.63) is 52.9 Å². The molecule has 4 aromatic rings. The van der Waals surface area contributed by atoms with Crippen molar-refractivity contribution in [1.82, 2.24) is 30.2 Å². The molecule has 2 aliphatic rings. The normalized spacial score (nSPS) is 16.5. The van der Waals surface area contributed by atoms with Gasteiger partial charge in [-0.3, -0.25) is 19.6 Å². The lowest BCUT2D eigenvalue weighted by atomic mass is 10.0. The lowest BCUT2D eigenvalue weighted by Gasteiger charge is -2.41. The summed E-state index contributed by atoms with van der Waals surface area (Å²) in [5.41, 5.74) is 4.72. The Morgan fingerprint density at radius 1 is 1.00 bits per heavy atom. The Kier molecular flexibility index (Phi) is 9.21. The number of anilines is 6. The van der Waals surface area contributed by atoms with Crippen molar-refractivity contribution in [3.8, 4) is 5.75 Å². The van der Waals surface area contributed by atoms with Crippen molar-refractivity contribution in [2.75, 3.05) is 72.9 Å². The number of benzene rings is 2. The summed E-state index contributed by atoms with van der Waals surface area (Å²) in [4.78, 5) is 22.9. The minimum Gasteiger partial charge on any atom is -0.494 e. The number of piperazine rings is 1. The number of hydrogen-bond acceptors (Lipinski definition) is 12. The van der Waals surface area contributed by atoms with Gasteiger partial charge in [0.2, 0.25) is 16.0 Å². The molecular formula is C30H37BrN10O3S. The first kappa shape index (κ1) is 31.2. The SMILES string of the molecule is COc1cc(N2CCC(N3CCNCC3)CC2)c(C)cc1Nc1ncc(Br)c(Nc2ccc3nccnc3c2NS(C)(=O)=O)n1. The summed E-state index contributed by atoms with van der Waals surface area (Å²) in [6.07, 6.45) is 8.07. The summed E-state index contributed by atoms with van der Waals surface area (Å²) in [6.45, 7) is 8.53. The number of ether oxygens (including phenoxy) is 1. The van der Waals surface area contributed by atoms with E-state index in [1.54, 1.807) is 31.6 Å². The number of fused-ring (bicyclic) bond motifs is 1. The van der Waals surface area contributed by atoms with Gasteiger partial charge < -0.3 is 25.6 Å². The van der Waals surface area contributed by atoms with E-state index in [4.69, 9.17) is 4.74 Å². The van der Waals surface area contributed by atoms with E-state index < -0.39 is 10.0 Å². The third kappa shape index (κ3) is 7.21. The Balaban J connectivity index is 1.22. The van der Waals surface area contributed by atoms with Gasteiger partial charge in [-0.05, 0) is 59.5 Å². The van der Waals surface area contributed by atoms with Crippen molar-refractivity contribution >= 4 is 71.5 Å². The van der Waals surface area contributed by atoms with Crippen LogP contribution in [0.1, 0.15) is 18.4 Å². The van der Waals surface area contributed by atoms with Crippen LogP contribution in [-0.2, 0) is 10.0 Å². The number of sulfonamides is 1. The summed E-state index contributed by atoms with van der Waals surface area (Å²) in [6, 6.07) is 8.27. The monoisotopic (exact) mass is 696 g/mol. The zero-order chi connectivity index (χ0) is 31.6. The summed E-state index contributed by atoms with van der Waals surface area (Å²) in [7, 11) is -1.95. The first-order valence-corrected chi connectivity index (χ1v) is 17.5. The molecule has 2 aromatic heterocycles. The molecule has 13 nitrogen and oxygen atoms in total. The Hall–Kier alpha value is -3.79. The summed E-state index contributed by atoms with van der Waals surface area (Å²) in [5, 5.41) is 9.98. The van der Waals surface area contributed by atoms with Gasteiger partial charge in [-0.2, -0.15) is 4.98 Å². The summed E-state index contributed by atoms with van der Waals surface area (Å²) < 4.78 is 33.4. The van der Waals surface area contributed by atoms with Gasteiger partial charge in [0.25, 0.3) is 0 Å². The van der Waals surface area contributed by atoms with E-state index in [1.807, 2.05) is 0 Å². The standard InChI is InChI=1S/C30H37BrN10O3S/c1-19-16-24(26(44-2)17-25(19)41-12-6-20(7-13-41)40-14-10-32-11-15-40)37-30-35-18-21(31)29(38-30)36-23-5-4-22-27(34-9-8-33-22)28(23)39-45(3,42)43/h4-5,8-9,16-18,20,32,39H,6-7,10-15H2,1-3H3,(H2,35,36,37,38). The number of methoxy groups -OCH3 is 1. The minimum absolute atomic E-state index is 0.271. The number of nitrogens with zero attached hydrogens (tertiary/aromatic N) is 6. The minimum atomic E-state index is -3.61. The number of nitrogens with one attached hydrogen (secondary N) is 4. The maximum atomic E-state index is 12.2. The third-order valence-corrected chi connectivity index (χ3v) is 9.32. The number of piperidine rings is 1. The van der Waals surface area contributed by atoms with Gasteiger partial charge in [0.05, 0.1) is 40.4 Å². The molecule has 2 aromatic carbocycles. The van der Waals surface area contributed by atoms with Crippen LogP contribution in [0.4, 0.5) is 34.5 Å². The fraction of sp³-hybridized carbons (Fsp3) is 0.400. The molecule has 238 valence electrons. The smallest absolute Gasteiger partial charge is 0.229 e. The molecular weight excluding hydrogens is 660 g/mol. The molecule has 0 bridgehead atoms. The van der Waals surface area contributed by atoms with Crippen molar-refractivity contribution < 1.29 is 13.2 Å². The molecule has 0 spiro atoms. The maximum absolute atomic E-state index is 12.2. The van der Waals surface area contributed by atoms with Gasteiger partial charge in [-0.15, -0.1) is 0 Å². The van der Waals surface area contributed by atoms with Crippen LogP contribution >= 0.6 is 15.9 Å². The van der Waals surface area contributed by atoms with Gasteiger partial charge in [-0.1, -0.05) is 0 Å². The van der Waals surface area contributed by atoms with Crippen molar-refractivity contribution in [2.24, 2.45) is 0 Å². The molecule has 0 saturated carbocycles. The molecule has 0 radical (unpaired) electrons. The Morgan fingerprint density at radius 2 is 1.76 bits per heavy atom. The Morgan fingerprint density at radius 3 is 2.49 bits per heavy atom. The van der Waals surface area contributed by atoms with E-state index in [-0.39, 0.29) is 5.69 Å². The quantitative estimate of drug-likeness (QED) is 0.198. The van der Waals surface area contributed by atoms with Crippen LogP contribution < -0.4 is 30.3 Å². The van der Waals surface area contributed by atoms with Crippen LogP contribution in [-0.4, -0.2) is 91.9 Å². The van der Waals surface area contributed by atoms with Crippen LogP contribution in [0.15, 0.2) is 47.3 Å². The average Bonchev–Trinajstić information content (AvgIpc) is 3.04. The van der Waals surface area contributed by atoms with E-state index in [0.29, 0.717) is 44.8 Å². The van der Waals surface area contributed by atoms with Crippen molar-refractivity contribution in [1.29, 1.82) is 0 Å². The number of halogens is 1. The second kappa shape index (κ2) is 13.3. The number of rotatable bonds is 9. The number of aryl methyl sites for hydroxylation is 1. The Bertz CT molecular complexity index is 1790. The van der Waals surface area contributed by atoms with Gasteiger partial charge in [0.1, 0.15) is 17.1 Å².